The number of aromatic nitrogens is 1. The predicted octanol–water partition coefficient (Wildman–Crippen LogP) is 4.73. The van der Waals surface area contributed by atoms with E-state index in [1.807, 2.05) is 67.8 Å². The van der Waals surface area contributed by atoms with E-state index in [0.29, 0.717) is 54.4 Å². The number of hydrogen-bond acceptors (Lipinski definition) is 9. The number of hydrogen-bond donors (Lipinski definition) is 5. The van der Waals surface area contributed by atoms with Crippen molar-refractivity contribution in [2.45, 2.75) is 36.6 Å². The van der Waals surface area contributed by atoms with Crippen LogP contribution in [0.1, 0.15) is 45.5 Å². The van der Waals surface area contributed by atoms with Gasteiger partial charge >= 0.3 is 0 Å². The number of pyridine rings is 1. The molecule has 0 aliphatic carbocycles. The van der Waals surface area contributed by atoms with Gasteiger partial charge in [-0.25, -0.2) is 8.42 Å². The summed E-state index contributed by atoms with van der Waals surface area (Å²) >= 11 is 5.81. The molecule has 0 spiro atoms. The molecule has 2 heterocycles. The molecule has 18 heteroatoms. The summed E-state index contributed by atoms with van der Waals surface area (Å²) in [6.45, 7) is 3.55. The van der Waals surface area contributed by atoms with Crippen molar-refractivity contribution in [2.24, 2.45) is 5.92 Å². The second kappa shape index (κ2) is 19.6. The van der Waals surface area contributed by atoms with Gasteiger partial charge in [-0.05, 0) is 129 Å². The fourth-order valence-corrected chi connectivity index (χ4v) is 11.4. The zero-order valence-electron chi connectivity index (χ0n) is 28.1. The lowest BCUT2D eigenvalue weighted by atomic mass is 9.93. The third kappa shape index (κ3) is 10.3. The first kappa shape index (κ1) is 42.1. The molecule has 4 rings (SSSR count). The van der Waals surface area contributed by atoms with E-state index in [4.69, 9.17) is 4.74 Å². The lowest BCUT2D eigenvalue weighted by molar-refractivity contribution is -0.134. The fraction of sp³-hybridized carbons (Fsp3) is 0.353. The molecule has 0 bridgehead atoms. The highest BCUT2D eigenvalue weighted by Gasteiger charge is 2.34. The molecular weight excluding hydrogens is 1040 g/mol. The predicted molar refractivity (Wildman–Crippen MR) is 220 cm³/mol. The van der Waals surface area contributed by atoms with E-state index in [2.05, 4.69) is 32.2 Å². The maximum absolute atomic E-state index is 14.3. The Morgan fingerprint density at radius 1 is 1.08 bits per heavy atom. The number of nitrogens with zero attached hydrogens (tertiary/aromatic N) is 2. The highest BCUT2D eigenvalue weighted by molar-refractivity contribution is 14.1. The maximum Gasteiger partial charge on any atom is 0.257 e. The summed E-state index contributed by atoms with van der Waals surface area (Å²) in [5, 5.41) is 17.6. The minimum Gasteiger partial charge on any atom is -0.497 e. The average molecular weight is 1070 g/mol. The number of sulfonamides is 1. The van der Waals surface area contributed by atoms with Crippen molar-refractivity contribution in [3.8, 4) is 5.75 Å². The first-order valence-corrected chi connectivity index (χ1v) is 20.8. The van der Waals surface area contributed by atoms with Gasteiger partial charge in [-0.15, -0.1) is 0 Å². The Hall–Kier alpha value is -2.67. The minimum absolute atomic E-state index is 0.0294. The first-order valence-electron chi connectivity index (χ1n) is 16.1. The van der Waals surface area contributed by atoms with Gasteiger partial charge in [0.05, 0.1) is 50.0 Å². The summed E-state index contributed by atoms with van der Waals surface area (Å²) in [4.78, 5) is 45.9. The molecule has 1 fully saturated rings. The SMILES string of the molecule is C=CNC(=O)c1c(I)c(Nc2ccncc2S(=O)(=O)N[C@@H](Cc2ccc(OC)cc2)C(=O)N2CCC(CCF)CC2)c(I)c(C(=O)NCCO)c1I. The van der Waals surface area contributed by atoms with E-state index < -0.39 is 40.5 Å². The molecular formula is C34H38FI3N6O7S. The summed E-state index contributed by atoms with van der Waals surface area (Å²) in [7, 11) is -2.93. The maximum atomic E-state index is 14.3. The summed E-state index contributed by atoms with van der Waals surface area (Å²) in [6, 6.07) is 7.20. The second-order valence-electron chi connectivity index (χ2n) is 11.7. The molecule has 3 amide bonds. The molecule has 280 valence electrons. The molecule has 52 heavy (non-hydrogen) atoms. The van der Waals surface area contributed by atoms with Gasteiger partial charge in [0.2, 0.25) is 15.9 Å². The zero-order chi connectivity index (χ0) is 38.0. The quantitative estimate of drug-likeness (QED) is 0.127. The standard InChI is InChI=1S/C34H38FI3N6O7S/c1-3-40-32(46)26-28(36)27(33(47)41-14-17-45)30(38)31(29(26)37)42-23-9-13-39-19-25(23)52(49,50)43-24(18-21-4-6-22(51-2)7-5-21)34(48)44-15-10-20(8-12-35)11-16-44/h3-7,9,13,19-20,24,43,45H,1,8,10-12,14-18H2,2H3,(H,39,42)(H,40,46)(H,41,47)/t24-/m0/s1. The number of ether oxygens (including phenoxy) is 1. The number of piperidine rings is 1. The second-order valence-corrected chi connectivity index (χ2v) is 16.6. The van der Waals surface area contributed by atoms with Crippen LogP contribution in [0.15, 0.2) is 60.4 Å². The first-order chi connectivity index (χ1) is 24.9. The molecule has 1 atom stereocenters. The van der Waals surface area contributed by atoms with Crippen LogP contribution < -0.4 is 25.4 Å². The van der Waals surface area contributed by atoms with Crippen LogP contribution in [0.3, 0.4) is 0 Å². The fourth-order valence-electron chi connectivity index (χ4n) is 5.67. The van der Waals surface area contributed by atoms with Crippen LogP contribution in [-0.2, 0) is 21.2 Å². The molecule has 0 unspecified atom stereocenters. The van der Waals surface area contributed by atoms with Crippen molar-refractivity contribution < 1.29 is 37.0 Å². The Kier molecular flexibility index (Phi) is 15.9. The number of halogens is 4. The number of amides is 3. The summed E-state index contributed by atoms with van der Waals surface area (Å²) in [5.41, 5.74) is 1.33. The molecule has 1 aliphatic heterocycles. The van der Waals surface area contributed by atoms with Crippen molar-refractivity contribution in [1.29, 1.82) is 0 Å². The molecule has 1 saturated heterocycles. The Labute approximate surface area is 342 Å². The normalized spacial score (nSPS) is 14.0. The van der Waals surface area contributed by atoms with Gasteiger partial charge in [0.15, 0.2) is 0 Å². The Morgan fingerprint density at radius 2 is 1.73 bits per heavy atom. The smallest absolute Gasteiger partial charge is 0.257 e. The molecule has 0 saturated carbocycles. The van der Waals surface area contributed by atoms with Gasteiger partial charge < -0.3 is 30.7 Å². The van der Waals surface area contributed by atoms with Gasteiger partial charge in [-0.2, -0.15) is 4.72 Å². The van der Waals surface area contributed by atoms with Crippen LogP contribution >= 0.6 is 67.8 Å². The van der Waals surface area contributed by atoms with Crippen molar-refractivity contribution in [1.82, 2.24) is 25.2 Å². The third-order valence-corrected chi connectivity index (χ3v) is 13.1. The zero-order valence-corrected chi connectivity index (χ0v) is 35.3. The van der Waals surface area contributed by atoms with E-state index in [1.165, 1.54) is 25.6 Å². The van der Waals surface area contributed by atoms with E-state index >= 15 is 0 Å². The van der Waals surface area contributed by atoms with Gasteiger partial charge in [0, 0.05) is 35.6 Å². The number of aliphatic hydroxyl groups is 1. The Bertz CT molecular complexity index is 1890. The van der Waals surface area contributed by atoms with Gasteiger partial charge in [0.25, 0.3) is 11.8 Å². The number of likely N-dealkylation sites (tertiary alicyclic amines) is 1. The van der Waals surface area contributed by atoms with Crippen LogP contribution in [0.25, 0.3) is 0 Å². The highest BCUT2D eigenvalue weighted by atomic mass is 127. The number of rotatable bonds is 16. The van der Waals surface area contributed by atoms with E-state index in [-0.39, 0.29) is 52.9 Å². The summed E-state index contributed by atoms with van der Waals surface area (Å²) in [6.07, 6.45) is 5.44. The van der Waals surface area contributed by atoms with Crippen molar-refractivity contribution in [3.05, 3.63) is 82.9 Å². The summed E-state index contributed by atoms with van der Waals surface area (Å²) < 4.78 is 50.5. The average Bonchev–Trinajstić information content (AvgIpc) is 3.13. The van der Waals surface area contributed by atoms with Crippen LogP contribution in [0, 0.1) is 16.6 Å². The van der Waals surface area contributed by atoms with E-state index in [1.54, 1.807) is 29.2 Å². The van der Waals surface area contributed by atoms with Crippen molar-refractivity contribution >= 4 is 107 Å². The van der Waals surface area contributed by atoms with Gasteiger partial charge in [0.1, 0.15) is 16.7 Å². The molecule has 3 aromatic rings. The van der Waals surface area contributed by atoms with Gasteiger partial charge in [-0.3, -0.25) is 23.8 Å². The number of alkyl halides is 1. The highest BCUT2D eigenvalue weighted by Crippen LogP contribution is 2.38. The number of carbonyl (C=O) groups is 3. The van der Waals surface area contributed by atoms with Crippen LogP contribution in [-0.4, -0.2) is 87.2 Å². The van der Waals surface area contributed by atoms with Crippen molar-refractivity contribution in [3.63, 3.8) is 0 Å². The molecule has 1 aromatic heterocycles. The lowest BCUT2D eigenvalue weighted by Crippen LogP contribution is -2.51. The summed E-state index contributed by atoms with van der Waals surface area (Å²) in [5.74, 6) is -0.738. The number of benzene rings is 2. The number of methoxy groups -OCH3 is 1. The monoisotopic (exact) mass is 1070 g/mol. The molecule has 1 aliphatic rings. The number of carbonyl (C=O) groups excluding carboxylic acids is 3. The van der Waals surface area contributed by atoms with E-state index in [0.717, 1.165) is 6.20 Å². The Balaban J connectivity index is 1.74. The van der Waals surface area contributed by atoms with Crippen LogP contribution in [0.5, 0.6) is 5.75 Å². The molecule has 2 aromatic carbocycles. The number of nitrogens with one attached hydrogen (secondary N) is 4. The van der Waals surface area contributed by atoms with Crippen LogP contribution in [0.2, 0.25) is 0 Å². The number of anilines is 2. The minimum atomic E-state index is -4.46. The molecule has 0 radical (unpaired) electrons. The molecule has 13 nitrogen and oxygen atoms in total. The lowest BCUT2D eigenvalue weighted by Gasteiger charge is -2.34. The van der Waals surface area contributed by atoms with E-state index in [9.17, 15) is 32.3 Å². The van der Waals surface area contributed by atoms with Gasteiger partial charge in [-0.1, -0.05) is 18.7 Å². The molecule has 5 N–H and O–H groups in total. The third-order valence-electron chi connectivity index (χ3n) is 8.37. The Morgan fingerprint density at radius 3 is 2.33 bits per heavy atom. The van der Waals surface area contributed by atoms with Crippen molar-refractivity contribution in [2.75, 3.05) is 45.3 Å². The topological polar surface area (TPSA) is 179 Å². The number of aliphatic hydroxyl groups excluding tert-OH is 1. The van der Waals surface area contributed by atoms with Crippen LogP contribution in [0.4, 0.5) is 15.8 Å². The largest absolute Gasteiger partial charge is 0.497 e.